The van der Waals surface area contributed by atoms with Gasteiger partial charge in [0.25, 0.3) is 0 Å². The summed E-state index contributed by atoms with van der Waals surface area (Å²) in [6, 6.07) is 2.60. The van der Waals surface area contributed by atoms with Gasteiger partial charge in [-0.3, -0.25) is 14.8 Å². The lowest BCUT2D eigenvalue weighted by Gasteiger charge is -2.56. The van der Waals surface area contributed by atoms with Gasteiger partial charge in [0.15, 0.2) is 0 Å². The molecule has 22 heavy (non-hydrogen) atoms. The van der Waals surface area contributed by atoms with Crippen molar-refractivity contribution in [2.24, 2.45) is 0 Å². The van der Waals surface area contributed by atoms with E-state index in [1.807, 2.05) is 6.92 Å². The normalized spacial score (nSPS) is 25.2. The molecule has 3 aliphatic heterocycles. The van der Waals surface area contributed by atoms with Crippen LogP contribution >= 0.6 is 0 Å². The summed E-state index contributed by atoms with van der Waals surface area (Å²) in [7, 11) is 0. The Hall–Kier alpha value is -1.86. The maximum Gasteiger partial charge on any atom is 0.230 e. The van der Waals surface area contributed by atoms with E-state index in [2.05, 4.69) is 25.0 Å². The minimum atomic E-state index is -0.270. The fourth-order valence-corrected chi connectivity index (χ4v) is 3.52. The zero-order valence-electron chi connectivity index (χ0n) is 12.4. The van der Waals surface area contributed by atoms with Crippen molar-refractivity contribution >= 4 is 0 Å². The number of nitrogens with zero attached hydrogens (tertiary/aromatic N) is 5. The van der Waals surface area contributed by atoms with Gasteiger partial charge >= 0.3 is 0 Å². The Kier molecular flexibility index (Phi) is 3.38. The summed E-state index contributed by atoms with van der Waals surface area (Å²) in [5.41, 5.74) is 0.931. The van der Waals surface area contributed by atoms with Crippen LogP contribution in [0.3, 0.4) is 0 Å². The van der Waals surface area contributed by atoms with E-state index < -0.39 is 0 Å². The van der Waals surface area contributed by atoms with Crippen molar-refractivity contribution in [1.82, 2.24) is 25.0 Å². The van der Waals surface area contributed by atoms with E-state index in [1.54, 1.807) is 12.3 Å². The van der Waals surface area contributed by atoms with Crippen LogP contribution in [0.15, 0.2) is 22.9 Å². The Bertz CT molecular complexity index is 663. The molecule has 6 nitrogen and oxygen atoms in total. The van der Waals surface area contributed by atoms with Crippen molar-refractivity contribution in [3.63, 3.8) is 0 Å². The summed E-state index contributed by atoms with van der Waals surface area (Å²) in [4.78, 5) is 8.70. The first-order valence-corrected chi connectivity index (χ1v) is 7.54. The lowest BCUT2D eigenvalue weighted by atomic mass is 9.87. The van der Waals surface area contributed by atoms with Crippen LogP contribution in [0.5, 0.6) is 0 Å². The van der Waals surface area contributed by atoms with Gasteiger partial charge in [-0.05, 0) is 18.1 Å². The van der Waals surface area contributed by atoms with Crippen LogP contribution in [0, 0.1) is 12.7 Å². The van der Waals surface area contributed by atoms with Gasteiger partial charge < -0.3 is 4.42 Å². The van der Waals surface area contributed by atoms with E-state index in [4.69, 9.17) is 4.42 Å². The molecule has 0 amide bonds. The molecule has 5 rings (SSSR count). The van der Waals surface area contributed by atoms with Crippen LogP contribution in [0.2, 0.25) is 0 Å². The Morgan fingerprint density at radius 2 is 2.05 bits per heavy atom. The maximum atomic E-state index is 13.2. The van der Waals surface area contributed by atoms with Crippen molar-refractivity contribution in [2.75, 3.05) is 13.1 Å². The van der Waals surface area contributed by atoms with Gasteiger partial charge in [-0.15, -0.1) is 10.2 Å². The number of piperidine rings is 1. The van der Waals surface area contributed by atoms with Gasteiger partial charge in [0.1, 0.15) is 5.82 Å². The van der Waals surface area contributed by atoms with E-state index >= 15 is 0 Å². The number of hydrogen-bond donors (Lipinski definition) is 0. The van der Waals surface area contributed by atoms with Crippen LogP contribution in [0.4, 0.5) is 4.39 Å². The Morgan fingerprint density at radius 1 is 1.23 bits per heavy atom. The fraction of sp³-hybridized carbons (Fsp3) is 0.533. The minimum absolute atomic E-state index is 0.270. The highest BCUT2D eigenvalue weighted by atomic mass is 19.1. The van der Waals surface area contributed by atoms with E-state index in [0.29, 0.717) is 23.9 Å². The van der Waals surface area contributed by atoms with Crippen LogP contribution in [0.25, 0.3) is 0 Å². The predicted octanol–water partition coefficient (Wildman–Crippen LogP) is 1.37. The zero-order valence-corrected chi connectivity index (χ0v) is 12.4. The van der Waals surface area contributed by atoms with Crippen LogP contribution in [-0.2, 0) is 13.1 Å². The molecule has 2 aromatic rings. The fourth-order valence-electron chi connectivity index (χ4n) is 3.52. The zero-order chi connectivity index (χ0) is 15.1. The van der Waals surface area contributed by atoms with Gasteiger partial charge in [0.05, 0.1) is 12.7 Å². The van der Waals surface area contributed by atoms with E-state index in [9.17, 15) is 4.39 Å². The molecular weight excluding hydrogens is 285 g/mol. The molecule has 116 valence electrons. The highest BCUT2D eigenvalue weighted by Crippen LogP contribution is 2.34. The van der Waals surface area contributed by atoms with Crippen LogP contribution in [0.1, 0.15) is 23.8 Å². The number of aromatic nitrogens is 3. The molecule has 0 aromatic carbocycles. The maximum absolute atomic E-state index is 13.2. The molecule has 7 heteroatoms. The second kappa shape index (κ2) is 5.40. The van der Waals surface area contributed by atoms with Crippen LogP contribution in [-0.4, -0.2) is 50.2 Å². The van der Waals surface area contributed by atoms with E-state index in [-0.39, 0.29) is 5.82 Å². The van der Waals surface area contributed by atoms with Gasteiger partial charge in [-0.25, -0.2) is 4.39 Å². The number of pyridine rings is 1. The lowest BCUT2D eigenvalue weighted by Crippen LogP contribution is -2.67. The molecule has 3 aliphatic rings. The van der Waals surface area contributed by atoms with Crippen molar-refractivity contribution < 1.29 is 8.81 Å². The average molecular weight is 303 g/mol. The number of piperazine rings is 1. The smallest absolute Gasteiger partial charge is 0.230 e. The molecule has 2 bridgehead atoms. The quantitative estimate of drug-likeness (QED) is 0.850. The molecule has 0 aliphatic carbocycles. The monoisotopic (exact) mass is 303 g/mol. The summed E-state index contributed by atoms with van der Waals surface area (Å²) in [6.45, 7) is 5.26. The number of halogens is 1. The molecule has 3 fully saturated rings. The van der Waals surface area contributed by atoms with E-state index in [1.165, 1.54) is 12.6 Å². The molecule has 2 aromatic heterocycles. The highest BCUT2D eigenvalue weighted by Gasteiger charge is 2.44. The van der Waals surface area contributed by atoms with Gasteiger partial charge in [0.2, 0.25) is 11.8 Å². The second-order valence-electron chi connectivity index (χ2n) is 6.14. The number of fused-ring (bicyclic) bond motifs is 2. The topological polar surface area (TPSA) is 58.3 Å². The third-order valence-electron chi connectivity index (χ3n) is 4.47. The lowest BCUT2D eigenvalue weighted by molar-refractivity contribution is -0.0813. The average Bonchev–Trinajstić information content (AvgIpc) is 2.90. The molecule has 0 radical (unpaired) electrons. The SMILES string of the molecule is Cc1nnc(CN2C3CC2CN(Cc2cncc(F)c2)C3)o1. The first-order chi connectivity index (χ1) is 10.7. The first-order valence-electron chi connectivity index (χ1n) is 7.54. The molecule has 3 saturated heterocycles. The van der Waals surface area contributed by atoms with Crippen molar-refractivity contribution in [3.8, 4) is 0 Å². The molecule has 0 saturated carbocycles. The summed E-state index contributed by atoms with van der Waals surface area (Å²) < 4.78 is 18.7. The molecular formula is C15H18FN5O. The second-order valence-corrected chi connectivity index (χ2v) is 6.14. The molecule has 5 heterocycles. The summed E-state index contributed by atoms with van der Waals surface area (Å²) >= 11 is 0. The van der Waals surface area contributed by atoms with Gasteiger partial charge in [-0.2, -0.15) is 0 Å². The summed E-state index contributed by atoms with van der Waals surface area (Å²) in [5.74, 6) is 1.03. The number of hydrogen-bond acceptors (Lipinski definition) is 6. The van der Waals surface area contributed by atoms with Gasteiger partial charge in [0, 0.05) is 44.8 Å². The summed E-state index contributed by atoms with van der Waals surface area (Å²) in [6.07, 6.45) is 4.19. The van der Waals surface area contributed by atoms with E-state index in [0.717, 1.165) is 31.7 Å². The Balaban J connectivity index is 1.36. The van der Waals surface area contributed by atoms with Crippen LogP contribution < -0.4 is 0 Å². The third kappa shape index (κ3) is 2.62. The highest BCUT2D eigenvalue weighted by molar-refractivity contribution is 5.11. The third-order valence-corrected chi connectivity index (χ3v) is 4.47. The Morgan fingerprint density at radius 3 is 2.73 bits per heavy atom. The molecule has 2 atom stereocenters. The summed E-state index contributed by atoms with van der Waals surface area (Å²) in [5, 5.41) is 7.94. The van der Waals surface area contributed by atoms with Gasteiger partial charge in [-0.1, -0.05) is 0 Å². The molecule has 2 unspecified atom stereocenters. The minimum Gasteiger partial charge on any atom is -0.424 e. The van der Waals surface area contributed by atoms with Crippen molar-refractivity contribution in [2.45, 2.75) is 38.5 Å². The van der Waals surface area contributed by atoms with Crippen molar-refractivity contribution in [1.29, 1.82) is 0 Å². The Labute approximate surface area is 128 Å². The first kappa shape index (κ1) is 13.8. The standard InChI is InChI=1S/C15H18FN5O/c1-10-18-19-15(22-10)9-21-13-3-14(21)8-20(7-13)6-11-2-12(16)5-17-4-11/h2,4-5,13-14H,3,6-9H2,1H3. The number of rotatable bonds is 4. The van der Waals surface area contributed by atoms with Crippen molar-refractivity contribution in [3.05, 3.63) is 41.6 Å². The number of aryl methyl sites for hydroxylation is 1. The largest absolute Gasteiger partial charge is 0.424 e. The molecule has 0 N–H and O–H groups in total. The predicted molar refractivity (Wildman–Crippen MR) is 76.2 cm³/mol. The molecule has 0 spiro atoms.